The second-order valence-corrected chi connectivity index (χ2v) is 4.67. The summed E-state index contributed by atoms with van der Waals surface area (Å²) in [6.07, 6.45) is 0.453. The van der Waals surface area contributed by atoms with Crippen molar-refractivity contribution in [2.24, 2.45) is 0 Å². The van der Waals surface area contributed by atoms with Crippen LogP contribution >= 0.6 is 24.2 Å². The van der Waals surface area contributed by atoms with Crippen LogP contribution in [-0.4, -0.2) is 17.7 Å². The van der Waals surface area contributed by atoms with Crippen LogP contribution in [-0.2, 0) is 4.79 Å². The number of amides is 1. The Labute approximate surface area is 98.6 Å². The van der Waals surface area contributed by atoms with Gasteiger partial charge in [-0.25, -0.2) is 0 Å². The van der Waals surface area contributed by atoms with Gasteiger partial charge in [-0.2, -0.15) is 12.6 Å². The van der Waals surface area contributed by atoms with Crippen LogP contribution in [0.5, 0.6) is 0 Å². The maximum atomic E-state index is 11.6. The number of rotatable bonds is 1. The fourth-order valence-electron chi connectivity index (χ4n) is 1.68. The first-order valence-electron chi connectivity index (χ1n) is 4.62. The van der Waals surface area contributed by atoms with Crippen molar-refractivity contribution in [2.45, 2.75) is 11.7 Å². The third kappa shape index (κ3) is 1.92. The molecule has 2 N–H and O–H groups in total. The Morgan fingerprint density at radius 2 is 2.27 bits per heavy atom. The quantitative estimate of drug-likeness (QED) is 0.584. The van der Waals surface area contributed by atoms with Gasteiger partial charge in [0, 0.05) is 18.2 Å². The number of hydrogen-bond acceptors (Lipinski definition) is 3. The van der Waals surface area contributed by atoms with Crippen molar-refractivity contribution in [3.05, 3.63) is 23.2 Å². The smallest absolute Gasteiger partial charge is 0.228 e. The average molecular weight is 243 g/mol. The topological polar surface area (TPSA) is 46.3 Å². The first-order chi connectivity index (χ1) is 7.09. The summed E-state index contributed by atoms with van der Waals surface area (Å²) in [5.74, 6) is 0.0453. The van der Waals surface area contributed by atoms with Crippen molar-refractivity contribution in [1.29, 1.82) is 0 Å². The number of halogens is 1. The van der Waals surface area contributed by atoms with Gasteiger partial charge in [-0.05, 0) is 12.1 Å². The lowest BCUT2D eigenvalue weighted by molar-refractivity contribution is -0.117. The molecule has 80 valence electrons. The van der Waals surface area contributed by atoms with Crippen molar-refractivity contribution in [3.63, 3.8) is 0 Å². The van der Waals surface area contributed by atoms with E-state index in [1.807, 2.05) is 0 Å². The molecule has 1 aliphatic rings. The molecular weight excluding hydrogens is 232 g/mol. The van der Waals surface area contributed by atoms with Crippen molar-refractivity contribution < 1.29 is 4.79 Å². The summed E-state index contributed by atoms with van der Waals surface area (Å²) < 4.78 is 0. The highest BCUT2D eigenvalue weighted by Crippen LogP contribution is 2.33. The molecule has 1 atom stereocenters. The molecule has 1 aromatic rings. The molecule has 0 bridgehead atoms. The Balaban J connectivity index is 2.38. The van der Waals surface area contributed by atoms with Gasteiger partial charge in [0.15, 0.2) is 0 Å². The third-order valence-corrected chi connectivity index (χ3v) is 3.10. The maximum Gasteiger partial charge on any atom is 0.228 e. The number of anilines is 2. The predicted molar refractivity (Wildman–Crippen MR) is 65.6 cm³/mol. The van der Waals surface area contributed by atoms with Gasteiger partial charge in [-0.1, -0.05) is 17.7 Å². The minimum absolute atomic E-state index is 0.0453. The molecule has 1 aliphatic heterocycles. The molecular formula is C10H11ClN2OS. The van der Waals surface area contributed by atoms with E-state index in [-0.39, 0.29) is 11.2 Å². The van der Waals surface area contributed by atoms with Crippen molar-refractivity contribution in [2.75, 3.05) is 17.2 Å². The zero-order chi connectivity index (χ0) is 11.0. The van der Waals surface area contributed by atoms with E-state index in [9.17, 15) is 4.79 Å². The fourth-order valence-corrected chi connectivity index (χ4v) is 2.17. The van der Waals surface area contributed by atoms with Crippen LogP contribution in [0.2, 0.25) is 5.02 Å². The molecule has 1 fully saturated rings. The number of carbonyl (C=O) groups is 1. The first-order valence-corrected chi connectivity index (χ1v) is 5.51. The fraction of sp³-hybridized carbons (Fsp3) is 0.300. The standard InChI is InChI=1S/C10H11ClN2OS/c11-7-2-1-3-8(10(7)12)13-5-6(15)4-9(13)14/h1-3,6,15H,4-5,12H2. The Morgan fingerprint density at radius 1 is 1.53 bits per heavy atom. The number of benzene rings is 1. The zero-order valence-electron chi connectivity index (χ0n) is 7.98. The Kier molecular flexibility index (Phi) is 2.80. The highest BCUT2D eigenvalue weighted by Gasteiger charge is 2.29. The maximum absolute atomic E-state index is 11.6. The second kappa shape index (κ2) is 3.94. The van der Waals surface area contributed by atoms with Crippen LogP contribution in [0.25, 0.3) is 0 Å². The van der Waals surface area contributed by atoms with Gasteiger partial charge in [-0.15, -0.1) is 0 Å². The van der Waals surface area contributed by atoms with Gasteiger partial charge in [0.1, 0.15) is 0 Å². The molecule has 1 amide bonds. The second-order valence-electron chi connectivity index (χ2n) is 3.53. The van der Waals surface area contributed by atoms with Gasteiger partial charge in [0.05, 0.1) is 16.4 Å². The Morgan fingerprint density at radius 3 is 2.87 bits per heavy atom. The van der Waals surface area contributed by atoms with Crippen molar-refractivity contribution >= 4 is 41.5 Å². The molecule has 1 unspecified atom stereocenters. The summed E-state index contributed by atoms with van der Waals surface area (Å²) >= 11 is 10.2. The normalized spacial score (nSPS) is 21.1. The van der Waals surface area contributed by atoms with E-state index < -0.39 is 0 Å². The van der Waals surface area contributed by atoms with Crippen molar-refractivity contribution in [3.8, 4) is 0 Å². The number of para-hydroxylation sites is 1. The summed E-state index contributed by atoms with van der Waals surface area (Å²) in [4.78, 5) is 13.3. The highest BCUT2D eigenvalue weighted by atomic mass is 35.5. The third-order valence-electron chi connectivity index (χ3n) is 2.43. The summed E-state index contributed by atoms with van der Waals surface area (Å²) in [7, 11) is 0. The Hall–Kier alpha value is -0.870. The molecule has 0 radical (unpaired) electrons. The monoisotopic (exact) mass is 242 g/mol. The number of hydrogen-bond donors (Lipinski definition) is 2. The minimum atomic E-state index is 0.0453. The minimum Gasteiger partial charge on any atom is -0.396 e. The van der Waals surface area contributed by atoms with Gasteiger partial charge in [-0.3, -0.25) is 4.79 Å². The van der Waals surface area contributed by atoms with Crippen LogP contribution < -0.4 is 10.6 Å². The van der Waals surface area contributed by atoms with Gasteiger partial charge in [0.2, 0.25) is 5.91 Å². The lowest BCUT2D eigenvalue weighted by atomic mass is 10.2. The van der Waals surface area contributed by atoms with Crippen molar-refractivity contribution in [1.82, 2.24) is 0 Å². The number of nitrogen functional groups attached to an aromatic ring is 1. The molecule has 1 aromatic carbocycles. The number of carbonyl (C=O) groups excluding carboxylic acids is 1. The summed E-state index contributed by atoms with van der Waals surface area (Å²) in [5, 5.41) is 0.554. The summed E-state index contributed by atoms with van der Waals surface area (Å²) in [6.45, 7) is 0.590. The first kappa shape index (κ1) is 10.6. The lowest BCUT2D eigenvalue weighted by Crippen LogP contribution is -2.25. The number of nitrogens with two attached hydrogens (primary N) is 1. The summed E-state index contributed by atoms with van der Waals surface area (Å²) in [6, 6.07) is 5.29. The van der Waals surface area contributed by atoms with E-state index in [0.29, 0.717) is 29.4 Å². The van der Waals surface area contributed by atoms with E-state index in [4.69, 9.17) is 17.3 Å². The van der Waals surface area contributed by atoms with Crippen LogP contribution in [0.1, 0.15) is 6.42 Å². The Bertz CT molecular complexity index is 410. The lowest BCUT2D eigenvalue weighted by Gasteiger charge is -2.18. The number of thiol groups is 1. The highest BCUT2D eigenvalue weighted by molar-refractivity contribution is 7.81. The molecule has 0 saturated carbocycles. The van der Waals surface area contributed by atoms with Gasteiger partial charge in [0.25, 0.3) is 0 Å². The van der Waals surface area contributed by atoms with Crippen LogP contribution in [0.4, 0.5) is 11.4 Å². The zero-order valence-corrected chi connectivity index (χ0v) is 9.63. The summed E-state index contributed by atoms with van der Waals surface area (Å²) in [5.41, 5.74) is 6.96. The number of nitrogens with zero attached hydrogens (tertiary/aromatic N) is 1. The largest absolute Gasteiger partial charge is 0.396 e. The van der Waals surface area contributed by atoms with Gasteiger partial charge < -0.3 is 10.6 Å². The van der Waals surface area contributed by atoms with E-state index in [1.54, 1.807) is 23.1 Å². The van der Waals surface area contributed by atoms with Gasteiger partial charge >= 0.3 is 0 Å². The van der Waals surface area contributed by atoms with E-state index >= 15 is 0 Å². The van der Waals surface area contributed by atoms with E-state index in [0.717, 1.165) is 0 Å². The van der Waals surface area contributed by atoms with E-state index in [1.165, 1.54) is 0 Å². The van der Waals surface area contributed by atoms with Crippen LogP contribution in [0.15, 0.2) is 18.2 Å². The molecule has 5 heteroatoms. The molecule has 1 heterocycles. The molecule has 0 spiro atoms. The predicted octanol–water partition coefficient (Wildman–Crippen LogP) is 1.96. The molecule has 3 nitrogen and oxygen atoms in total. The van der Waals surface area contributed by atoms with Crippen LogP contribution in [0.3, 0.4) is 0 Å². The molecule has 0 aromatic heterocycles. The average Bonchev–Trinajstić information content (AvgIpc) is 2.50. The van der Waals surface area contributed by atoms with E-state index in [2.05, 4.69) is 12.6 Å². The SMILES string of the molecule is Nc1c(Cl)cccc1N1CC(S)CC1=O. The van der Waals surface area contributed by atoms with Crippen LogP contribution in [0, 0.1) is 0 Å². The molecule has 2 rings (SSSR count). The molecule has 1 saturated heterocycles. The molecule has 0 aliphatic carbocycles. The molecule has 15 heavy (non-hydrogen) atoms.